The Hall–Kier alpha value is -3.59. The van der Waals surface area contributed by atoms with Crippen molar-refractivity contribution in [2.45, 2.75) is 77.4 Å². The van der Waals surface area contributed by atoms with E-state index in [9.17, 15) is 19.5 Å². The number of carbonyl (C=O) groups is 3. The van der Waals surface area contributed by atoms with Crippen molar-refractivity contribution in [3.63, 3.8) is 0 Å². The number of nitrogens with zero attached hydrogens (tertiary/aromatic N) is 2. The fourth-order valence-corrected chi connectivity index (χ4v) is 6.52. The first-order valence-electron chi connectivity index (χ1n) is 14.6. The predicted molar refractivity (Wildman–Crippen MR) is 158 cm³/mol. The summed E-state index contributed by atoms with van der Waals surface area (Å²) in [5, 5.41) is 13.2. The summed E-state index contributed by atoms with van der Waals surface area (Å²) in [5.41, 5.74) is 4.18. The molecule has 9 heteroatoms. The number of anilines is 2. The average molecular weight is 564 g/mol. The van der Waals surface area contributed by atoms with Crippen LogP contribution in [0.15, 0.2) is 30.3 Å². The van der Waals surface area contributed by atoms with Crippen LogP contribution in [0.1, 0.15) is 74.9 Å². The minimum atomic E-state index is -0.975. The van der Waals surface area contributed by atoms with Gasteiger partial charge in [-0.15, -0.1) is 0 Å². The van der Waals surface area contributed by atoms with Crippen molar-refractivity contribution in [3.05, 3.63) is 47.0 Å². The number of aromatic carboxylic acids is 1. The van der Waals surface area contributed by atoms with Crippen LogP contribution in [-0.4, -0.2) is 72.5 Å². The van der Waals surface area contributed by atoms with Crippen molar-refractivity contribution < 1.29 is 29.0 Å². The highest BCUT2D eigenvalue weighted by molar-refractivity contribution is 6.07. The first-order valence-corrected chi connectivity index (χ1v) is 14.6. The van der Waals surface area contributed by atoms with Crippen LogP contribution in [-0.2, 0) is 19.7 Å². The summed E-state index contributed by atoms with van der Waals surface area (Å²) in [6, 6.07) is 9.91. The van der Waals surface area contributed by atoms with Gasteiger partial charge in [0.1, 0.15) is 5.60 Å². The lowest BCUT2D eigenvalue weighted by atomic mass is 9.75. The molecule has 2 amide bonds. The number of hydrogen-bond acceptors (Lipinski definition) is 6. The molecule has 3 aliphatic rings. The minimum absolute atomic E-state index is 0.0126. The van der Waals surface area contributed by atoms with E-state index in [1.165, 1.54) is 0 Å². The summed E-state index contributed by atoms with van der Waals surface area (Å²) in [4.78, 5) is 42.0. The van der Waals surface area contributed by atoms with Gasteiger partial charge >= 0.3 is 12.1 Å². The lowest BCUT2D eigenvalue weighted by Crippen LogP contribution is -2.48. The number of piperidine rings is 1. The number of carboxylic acid groups (broad SMARTS) is 1. The Balaban J connectivity index is 1.44. The molecule has 0 radical (unpaired) electrons. The molecule has 41 heavy (non-hydrogen) atoms. The van der Waals surface area contributed by atoms with Crippen LogP contribution < -0.4 is 10.2 Å². The molecule has 0 aliphatic carbocycles. The Bertz CT molecular complexity index is 1350. The zero-order valence-electron chi connectivity index (χ0n) is 24.7. The van der Waals surface area contributed by atoms with Crippen molar-refractivity contribution in [2.24, 2.45) is 0 Å². The minimum Gasteiger partial charge on any atom is -0.478 e. The van der Waals surface area contributed by atoms with E-state index in [0.717, 1.165) is 40.9 Å². The zero-order chi connectivity index (χ0) is 29.5. The molecule has 0 aromatic heterocycles. The maximum Gasteiger partial charge on any atom is 0.410 e. The highest BCUT2D eigenvalue weighted by atomic mass is 16.6. The molecular formula is C32H41N3O6. The van der Waals surface area contributed by atoms with E-state index in [4.69, 9.17) is 9.47 Å². The number of carboxylic acids is 1. The largest absolute Gasteiger partial charge is 0.478 e. The van der Waals surface area contributed by atoms with E-state index >= 15 is 0 Å². The summed E-state index contributed by atoms with van der Waals surface area (Å²) in [7, 11) is 0. The molecule has 1 spiro atoms. The van der Waals surface area contributed by atoms with Crippen molar-refractivity contribution in [1.29, 1.82) is 0 Å². The number of hydrogen-bond donors (Lipinski definition) is 2. The molecule has 2 saturated heterocycles. The van der Waals surface area contributed by atoms with Gasteiger partial charge in [-0.2, -0.15) is 0 Å². The van der Waals surface area contributed by atoms with Crippen LogP contribution in [0.3, 0.4) is 0 Å². The first-order chi connectivity index (χ1) is 19.4. The molecule has 0 atom stereocenters. The van der Waals surface area contributed by atoms with Crippen molar-refractivity contribution in [1.82, 2.24) is 4.90 Å². The second kappa shape index (κ2) is 11.0. The van der Waals surface area contributed by atoms with E-state index in [2.05, 4.69) is 23.2 Å². The van der Waals surface area contributed by atoms with E-state index in [1.54, 1.807) is 11.0 Å². The molecule has 0 bridgehead atoms. The number of fused-ring (bicyclic) bond motifs is 2. The van der Waals surface area contributed by atoms with Crippen LogP contribution in [0.2, 0.25) is 0 Å². The smallest absolute Gasteiger partial charge is 0.410 e. The summed E-state index contributed by atoms with van der Waals surface area (Å²) in [6.45, 7) is 12.5. The molecule has 2 aromatic rings. The first kappa shape index (κ1) is 28.9. The predicted octanol–water partition coefficient (Wildman–Crippen LogP) is 5.59. The quantitative estimate of drug-likeness (QED) is 0.488. The van der Waals surface area contributed by atoms with Gasteiger partial charge in [0.15, 0.2) is 0 Å². The van der Waals surface area contributed by atoms with Gasteiger partial charge in [-0.3, -0.25) is 4.79 Å². The maximum atomic E-state index is 13.1. The maximum absolute atomic E-state index is 13.1. The summed E-state index contributed by atoms with van der Waals surface area (Å²) in [5.74, 6) is -0.962. The van der Waals surface area contributed by atoms with Crippen molar-refractivity contribution in [3.8, 4) is 11.1 Å². The molecule has 2 N–H and O–H groups in total. The molecule has 3 heterocycles. The van der Waals surface area contributed by atoms with Gasteiger partial charge in [-0.05, 0) is 101 Å². The molecule has 2 fully saturated rings. The second-order valence-corrected chi connectivity index (χ2v) is 12.4. The summed E-state index contributed by atoms with van der Waals surface area (Å²) >= 11 is 0. The number of ether oxygens (including phenoxy) is 2. The summed E-state index contributed by atoms with van der Waals surface area (Å²) < 4.78 is 11.1. The molecule has 5 rings (SSSR count). The fourth-order valence-electron chi connectivity index (χ4n) is 6.52. The fraction of sp³-hybridized carbons (Fsp3) is 0.531. The van der Waals surface area contributed by atoms with E-state index in [-0.39, 0.29) is 23.6 Å². The van der Waals surface area contributed by atoms with Gasteiger partial charge in [-0.1, -0.05) is 12.1 Å². The third-order valence-electron chi connectivity index (χ3n) is 8.72. The van der Waals surface area contributed by atoms with Crippen LogP contribution in [0.25, 0.3) is 11.1 Å². The molecule has 2 aromatic carbocycles. The van der Waals surface area contributed by atoms with Crippen LogP contribution >= 0.6 is 0 Å². The summed E-state index contributed by atoms with van der Waals surface area (Å²) in [6.07, 6.45) is 2.53. The van der Waals surface area contributed by atoms with Crippen molar-refractivity contribution >= 4 is 29.3 Å². The molecule has 0 unspecified atom stereocenters. The molecular weight excluding hydrogens is 522 g/mol. The highest BCUT2D eigenvalue weighted by Crippen LogP contribution is 2.46. The van der Waals surface area contributed by atoms with Crippen LogP contribution in [0.5, 0.6) is 0 Å². The molecule has 220 valence electrons. The van der Waals surface area contributed by atoms with Crippen molar-refractivity contribution in [2.75, 3.05) is 43.1 Å². The Morgan fingerprint density at radius 2 is 1.80 bits per heavy atom. The number of nitrogens with one attached hydrogen (secondary N) is 1. The SMILES string of the molecule is CCN(c1cc(-c2ccc3c(c2)NC(=O)C32CCOCC2)cc(C(=O)O)c1C)C1CCN(C(=O)OC(C)(C)C)CC1. The third-order valence-corrected chi connectivity index (χ3v) is 8.72. The number of rotatable bonds is 5. The van der Waals surface area contributed by atoms with E-state index in [1.807, 2.05) is 45.9 Å². The van der Waals surface area contributed by atoms with Gasteiger partial charge in [0, 0.05) is 50.3 Å². The van der Waals surface area contributed by atoms with E-state index < -0.39 is 17.0 Å². The van der Waals surface area contributed by atoms with Crippen LogP contribution in [0, 0.1) is 6.92 Å². The van der Waals surface area contributed by atoms with Gasteiger partial charge in [0.2, 0.25) is 5.91 Å². The normalized spacial score (nSPS) is 18.7. The highest BCUT2D eigenvalue weighted by Gasteiger charge is 2.47. The topological polar surface area (TPSA) is 108 Å². The molecule has 9 nitrogen and oxygen atoms in total. The van der Waals surface area contributed by atoms with Crippen LogP contribution in [0.4, 0.5) is 16.2 Å². The Kier molecular flexibility index (Phi) is 7.76. The zero-order valence-corrected chi connectivity index (χ0v) is 24.7. The number of amides is 2. The lowest BCUT2D eigenvalue weighted by Gasteiger charge is -2.40. The average Bonchev–Trinajstić information content (AvgIpc) is 3.19. The monoisotopic (exact) mass is 563 g/mol. The standard InChI is InChI=1S/C32H41N3O6/c1-6-35(23-9-13-34(14-10-23)30(39)41-31(3,4)5)27-19-22(17-24(20(27)2)28(36)37)21-7-8-25-26(18-21)33-29(38)32(25)11-15-40-16-12-32/h7-8,17-19,23H,6,9-16H2,1-5H3,(H,33,38)(H,36,37). The Morgan fingerprint density at radius 3 is 2.41 bits per heavy atom. The molecule has 0 saturated carbocycles. The number of likely N-dealkylation sites (tertiary alicyclic amines) is 1. The Morgan fingerprint density at radius 1 is 1.12 bits per heavy atom. The lowest BCUT2D eigenvalue weighted by molar-refractivity contribution is -0.124. The second-order valence-electron chi connectivity index (χ2n) is 12.4. The number of carbonyl (C=O) groups excluding carboxylic acids is 2. The van der Waals surface area contributed by atoms with Gasteiger partial charge in [0.05, 0.1) is 11.0 Å². The van der Waals surface area contributed by atoms with E-state index in [0.29, 0.717) is 51.3 Å². The van der Waals surface area contributed by atoms with Gasteiger partial charge in [0.25, 0.3) is 0 Å². The third kappa shape index (κ3) is 5.52. The van der Waals surface area contributed by atoms with Gasteiger partial charge < -0.3 is 29.7 Å². The molecule has 3 aliphatic heterocycles. The number of benzene rings is 2. The Labute approximate surface area is 241 Å². The van der Waals surface area contributed by atoms with Gasteiger partial charge in [-0.25, -0.2) is 9.59 Å².